The zero-order valence-electron chi connectivity index (χ0n) is 11.7. The Kier molecular flexibility index (Phi) is 8.29. The molecular formula is C13H29NOS. The molecule has 3 heteroatoms. The molecule has 0 rings (SSSR count). The van der Waals surface area contributed by atoms with E-state index in [0.29, 0.717) is 17.2 Å². The average molecular weight is 247 g/mol. The summed E-state index contributed by atoms with van der Waals surface area (Å²) in [5.41, 5.74) is 0. The molecule has 0 aromatic carbocycles. The summed E-state index contributed by atoms with van der Waals surface area (Å²) in [4.78, 5) is 0. The maximum atomic E-state index is 12.5. The molecule has 2 nitrogen and oxygen atoms in total. The van der Waals surface area contributed by atoms with Crippen LogP contribution in [-0.4, -0.2) is 27.8 Å². The van der Waals surface area contributed by atoms with Crippen molar-refractivity contribution in [1.82, 2.24) is 5.32 Å². The molecule has 0 fully saturated rings. The van der Waals surface area contributed by atoms with Crippen molar-refractivity contribution in [2.75, 3.05) is 7.05 Å². The maximum absolute atomic E-state index is 12.5. The molecule has 0 heterocycles. The SMILES string of the molecule is CCCC(NC)C(CC)S(=O)C(C)C(C)C. The first-order valence-electron chi connectivity index (χ1n) is 6.56. The van der Waals surface area contributed by atoms with E-state index in [4.69, 9.17) is 0 Å². The lowest BCUT2D eigenvalue weighted by Crippen LogP contribution is -2.43. The van der Waals surface area contributed by atoms with E-state index in [1.54, 1.807) is 0 Å². The molecular weight excluding hydrogens is 218 g/mol. The van der Waals surface area contributed by atoms with Crippen molar-refractivity contribution >= 4 is 10.8 Å². The molecule has 0 aliphatic heterocycles. The van der Waals surface area contributed by atoms with Crippen molar-refractivity contribution in [3.63, 3.8) is 0 Å². The van der Waals surface area contributed by atoms with Gasteiger partial charge in [0, 0.05) is 22.1 Å². The lowest BCUT2D eigenvalue weighted by Gasteiger charge is -2.29. The number of hydrogen-bond donors (Lipinski definition) is 1. The largest absolute Gasteiger partial charge is 0.316 e. The van der Waals surface area contributed by atoms with Gasteiger partial charge in [0.25, 0.3) is 0 Å². The van der Waals surface area contributed by atoms with Crippen LogP contribution < -0.4 is 5.32 Å². The Morgan fingerprint density at radius 1 is 1.19 bits per heavy atom. The third-order valence-corrected chi connectivity index (χ3v) is 5.96. The molecule has 0 aromatic heterocycles. The van der Waals surface area contributed by atoms with Crippen LogP contribution in [-0.2, 0) is 10.8 Å². The molecule has 0 amide bonds. The van der Waals surface area contributed by atoms with Crippen LogP contribution >= 0.6 is 0 Å². The Balaban J connectivity index is 4.62. The number of rotatable bonds is 8. The van der Waals surface area contributed by atoms with Gasteiger partial charge in [-0.3, -0.25) is 4.21 Å². The van der Waals surface area contributed by atoms with Crippen molar-refractivity contribution in [2.24, 2.45) is 5.92 Å². The van der Waals surface area contributed by atoms with Crippen LogP contribution in [0, 0.1) is 5.92 Å². The molecule has 98 valence electrons. The molecule has 0 radical (unpaired) electrons. The number of nitrogens with one attached hydrogen (secondary N) is 1. The van der Waals surface area contributed by atoms with Gasteiger partial charge in [-0.25, -0.2) is 0 Å². The van der Waals surface area contributed by atoms with Crippen LogP contribution in [0.1, 0.15) is 53.9 Å². The van der Waals surface area contributed by atoms with Gasteiger partial charge in [0.2, 0.25) is 0 Å². The average Bonchev–Trinajstić information content (AvgIpc) is 2.27. The molecule has 1 N–H and O–H groups in total. The minimum atomic E-state index is -0.727. The zero-order chi connectivity index (χ0) is 12.7. The van der Waals surface area contributed by atoms with Gasteiger partial charge in [-0.05, 0) is 25.8 Å². The highest BCUT2D eigenvalue weighted by atomic mass is 32.2. The fraction of sp³-hybridized carbons (Fsp3) is 1.00. The summed E-state index contributed by atoms with van der Waals surface area (Å²) in [6, 6.07) is 0.400. The second-order valence-electron chi connectivity index (χ2n) is 4.91. The third-order valence-electron chi connectivity index (χ3n) is 3.43. The van der Waals surface area contributed by atoms with Crippen LogP contribution in [0.15, 0.2) is 0 Å². The number of hydrogen-bond acceptors (Lipinski definition) is 2. The minimum Gasteiger partial charge on any atom is -0.316 e. The van der Waals surface area contributed by atoms with Gasteiger partial charge >= 0.3 is 0 Å². The van der Waals surface area contributed by atoms with E-state index in [1.807, 2.05) is 7.05 Å². The van der Waals surface area contributed by atoms with Gasteiger partial charge in [0.1, 0.15) is 0 Å². The van der Waals surface area contributed by atoms with E-state index in [1.165, 1.54) is 0 Å². The third kappa shape index (κ3) is 4.54. The van der Waals surface area contributed by atoms with Gasteiger partial charge in [-0.15, -0.1) is 0 Å². The molecule has 0 saturated carbocycles. The van der Waals surface area contributed by atoms with E-state index in [9.17, 15) is 4.21 Å². The van der Waals surface area contributed by atoms with Gasteiger partial charge < -0.3 is 5.32 Å². The first-order chi connectivity index (χ1) is 7.49. The van der Waals surface area contributed by atoms with Crippen molar-refractivity contribution in [3.8, 4) is 0 Å². The molecule has 0 aliphatic carbocycles. The maximum Gasteiger partial charge on any atom is 0.0501 e. The predicted molar refractivity (Wildman–Crippen MR) is 74.3 cm³/mol. The van der Waals surface area contributed by atoms with Crippen molar-refractivity contribution < 1.29 is 4.21 Å². The van der Waals surface area contributed by atoms with Gasteiger partial charge in [0.15, 0.2) is 0 Å². The molecule has 0 aromatic rings. The summed E-state index contributed by atoms with van der Waals surface area (Å²) in [5.74, 6) is 0.494. The highest BCUT2D eigenvalue weighted by molar-refractivity contribution is 7.86. The summed E-state index contributed by atoms with van der Waals surface area (Å²) >= 11 is 0. The van der Waals surface area contributed by atoms with Crippen LogP contribution in [0.3, 0.4) is 0 Å². The molecule has 0 saturated heterocycles. The molecule has 16 heavy (non-hydrogen) atoms. The Hall–Kier alpha value is 0.110. The Morgan fingerprint density at radius 3 is 2.06 bits per heavy atom. The topological polar surface area (TPSA) is 29.1 Å². The van der Waals surface area contributed by atoms with Crippen LogP contribution in [0.5, 0.6) is 0 Å². The molecule has 4 atom stereocenters. The zero-order valence-corrected chi connectivity index (χ0v) is 12.6. The predicted octanol–water partition coefficient (Wildman–Crippen LogP) is 2.95. The minimum absolute atomic E-state index is 0.289. The summed E-state index contributed by atoms with van der Waals surface area (Å²) < 4.78 is 12.5. The Labute approximate surface area is 104 Å². The van der Waals surface area contributed by atoms with Crippen LogP contribution in [0.2, 0.25) is 0 Å². The second kappa shape index (κ2) is 8.24. The quantitative estimate of drug-likeness (QED) is 0.714. The summed E-state index contributed by atoms with van der Waals surface area (Å²) in [7, 11) is 1.26. The summed E-state index contributed by atoms with van der Waals surface area (Å²) in [6.07, 6.45) is 3.26. The summed E-state index contributed by atoms with van der Waals surface area (Å²) in [6.45, 7) is 10.8. The van der Waals surface area contributed by atoms with E-state index >= 15 is 0 Å². The normalized spacial score (nSPS) is 19.4. The highest BCUT2D eigenvalue weighted by Crippen LogP contribution is 2.19. The Morgan fingerprint density at radius 2 is 1.75 bits per heavy atom. The first kappa shape index (κ1) is 16.1. The summed E-state index contributed by atoms with van der Waals surface area (Å²) in [5, 5.41) is 3.92. The van der Waals surface area contributed by atoms with Crippen molar-refractivity contribution in [2.45, 2.75) is 70.4 Å². The van der Waals surface area contributed by atoms with Gasteiger partial charge in [-0.1, -0.05) is 41.0 Å². The highest BCUT2D eigenvalue weighted by Gasteiger charge is 2.28. The Bertz CT molecular complexity index is 206. The molecule has 0 spiro atoms. The lowest BCUT2D eigenvalue weighted by molar-refractivity contribution is 0.474. The smallest absolute Gasteiger partial charge is 0.0501 e. The van der Waals surface area contributed by atoms with Crippen molar-refractivity contribution in [1.29, 1.82) is 0 Å². The van der Waals surface area contributed by atoms with Crippen LogP contribution in [0.25, 0.3) is 0 Å². The standard InChI is InChI=1S/C13H29NOS/c1-7-9-12(14-6)13(8-2)16(15)11(5)10(3)4/h10-14H,7-9H2,1-6H3. The van der Waals surface area contributed by atoms with E-state index in [-0.39, 0.29) is 5.25 Å². The molecule has 0 aliphatic rings. The van der Waals surface area contributed by atoms with Crippen LogP contribution in [0.4, 0.5) is 0 Å². The molecule has 4 unspecified atom stereocenters. The first-order valence-corrected chi connectivity index (χ1v) is 7.83. The lowest BCUT2D eigenvalue weighted by atomic mass is 10.1. The second-order valence-corrected chi connectivity index (χ2v) is 6.91. The van der Waals surface area contributed by atoms with E-state index < -0.39 is 10.8 Å². The fourth-order valence-corrected chi connectivity index (χ4v) is 3.99. The van der Waals surface area contributed by atoms with E-state index in [0.717, 1.165) is 19.3 Å². The van der Waals surface area contributed by atoms with Gasteiger partial charge in [-0.2, -0.15) is 0 Å². The van der Waals surface area contributed by atoms with E-state index in [2.05, 4.69) is 39.9 Å². The van der Waals surface area contributed by atoms with Crippen molar-refractivity contribution in [3.05, 3.63) is 0 Å². The molecule has 0 bridgehead atoms. The van der Waals surface area contributed by atoms with Gasteiger partial charge in [0.05, 0.1) is 5.25 Å². The fourth-order valence-electron chi connectivity index (χ4n) is 1.98. The monoisotopic (exact) mass is 247 g/mol.